The van der Waals surface area contributed by atoms with E-state index in [1.54, 1.807) is 19.1 Å². The van der Waals surface area contributed by atoms with E-state index < -0.39 is 5.97 Å². The molecule has 6 heteroatoms. The summed E-state index contributed by atoms with van der Waals surface area (Å²) < 4.78 is 1.45. The molecule has 0 radical (unpaired) electrons. The van der Waals surface area contributed by atoms with E-state index in [-0.39, 0.29) is 17.0 Å². The Labute approximate surface area is 103 Å². The number of hydrogen-bond acceptors (Lipinski definition) is 4. The summed E-state index contributed by atoms with van der Waals surface area (Å²) in [6.07, 6.45) is 4.19. The molecule has 0 spiro atoms. The molecule has 0 saturated carbocycles. The average molecular weight is 245 g/mol. The Morgan fingerprint density at radius 3 is 2.78 bits per heavy atom. The number of carbonyl (C=O) groups is 2. The van der Waals surface area contributed by atoms with Crippen molar-refractivity contribution in [3.05, 3.63) is 35.3 Å². The van der Waals surface area contributed by atoms with Crippen LogP contribution in [-0.2, 0) is 4.79 Å². The molecule has 2 aromatic heterocycles. The second-order valence-electron chi connectivity index (χ2n) is 3.87. The summed E-state index contributed by atoms with van der Waals surface area (Å²) in [4.78, 5) is 26.0. The largest absolute Gasteiger partial charge is 0.477 e. The monoisotopic (exact) mass is 245 g/mol. The molecule has 92 valence electrons. The molecule has 0 aliphatic heterocycles. The Balaban J connectivity index is 2.62. The maximum atomic E-state index is 11.0. The number of aromatic nitrogens is 3. The minimum absolute atomic E-state index is 0.0381. The molecule has 6 nitrogen and oxygen atoms in total. The topological polar surface area (TPSA) is 84.6 Å². The molecule has 0 bridgehead atoms. The lowest BCUT2D eigenvalue weighted by Crippen LogP contribution is -2.01. The van der Waals surface area contributed by atoms with E-state index in [0.717, 1.165) is 5.69 Å². The molecule has 18 heavy (non-hydrogen) atoms. The van der Waals surface area contributed by atoms with Crippen LogP contribution in [0.4, 0.5) is 0 Å². The number of rotatable bonds is 3. The highest BCUT2D eigenvalue weighted by atomic mass is 16.4. The summed E-state index contributed by atoms with van der Waals surface area (Å²) in [6, 6.07) is 1.73. The number of fused-ring (bicyclic) bond motifs is 1. The predicted molar refractivity (Wildman–Crippen MR) is 64.4 cm³/mol. The van der Waals surface area contributed by atoms with Crippen molar-refractivity contribution in [1.82, 2.24) is 14.6 Å². The van der Waals surface area contributed by atoms with Crippen LogP contribution >= 0.6 is 0 Å². The second kappa shape index (κ2) is 4.40. The highest BCUT2D eigenvalue weighted by Gasteiger charge is 2.14. The standard InChI is InChI=1S/C12H11N3O3/c1-7-5-9(4-3-8(2)16)14-11-10(12(17)18)6-13-15(7)11/h3-6H,1-2H3,(H,17,18). The van der Waals surface area contributed by atoms with Crippen molar-refractivity contribution >= 4 is 23.5 Å². The van der Waals surface area contributed by atoms with E-state index in [1.165, 1.54) is 23.7 Å². The number of carboxylic acid groups (broad SMARTS) is 1. The van der Waals surface area contributed by atoms with Gasteiger partial charge in [0.2, 0.25) is 0 Å². The van der Waals surface area contributed by atoms with Crippen LogP contribution in [0.1, 0.15) is 28.7 Å². The number of ketones is 1. The number of carbonyl (C=O) groups excluding carboxylic acids is 1. The van der Waals surface area contributed by atoms with Crippen LogP contribution in [0.2, 0.25) is 0 Å². The fourth-order valence-electron chi connectivity index (χ4n) is 1.58. The zero-order valence-corrected chi connectivity index (χ0v) is 9.91. The van der Waals surface area contributed by atoms with Crippen molar-refractivity contribution in [1.29, 1.82) is 0 Å². The average Bonchev–Trinajstić information content (AvgIpc) is 2.70. The third kappa shape index (κ3) is 2.13. The van der Waals surface area contributed by atoms with Gasteiger partial charge in [-0.3, -0.25) is 4.79 Å². The van der Waals surface area contributed by atoms with E-state index >= 15 is 0 Å². The van der Waals surface area contributed by atoms with Crippen LogP contribution in [0.25, 0.3) is 11.7 Å². The van der Waals surface area contributed by atoms with Gasteiger partial charge in [-0.25, -0.2) is 14.3 Å². The molecule has 0 atom stereocenters. The van der Waals surface area contributed by atoms with E-state index in [2.05, 4.69) is 10.1 Å². The quantitative estimate of drug-likeness (QED) is 0.825. The van der Waals surface area contributed by atoms with Crippen molar-refractivity contribution in [2.45, 2.75) is 13.8 Å². The maximum absolute atomic E-state index is 11.0. The van der Waals surface area contributed by atoms with Gasteiger partial charge < -0.3 is 5.11 Å². The smallest absolute Gasteiger partial charge is 0.341 e. The minimum atomic E-state index is -1.08. The number of carboxylic acids is 1. The summed E-state index contributed by atoms with van der Waals surface area (Å²) >= 11 is 0. The Hall–Kier alpha value is -2.50. The van der Waals surface area contributed by atoms with Crippen molar-refractivity contribution in [3.8, 4) is 0 Å². The second-order valence-corrected chi connectivity index (χ2v) is 3.87. The lowest BCUT2D eigenvalue weighted by molar-refractivity contribution is -0.112. The fourth-order valence-corrected chi connectivity index (χ4v) is 1.58. The van der Waals surface area contributed by atoms with Crippen LogP contribution in [-0.4, -0.2) is 31.5 Å². The molecule has 0 aromatic carbocycles. The molecule has 2 heterocycles. The summed E-state index contributed by atoms with van der Waals surface area (Å²) in [7, 11) is 0. The van der Waals surface area contributed by atoms with Crippen molar-refractivity contribution in [2.75, 3.05) is 0 Å². The highest BCUT2D eigenvalue weighted by Crippen LogP contribution is 2.13. The fraction of sp³-hybridized carbons (Fsp3) is 0.167. The molecule has 2 aromatic rings. The molecule has 0 aliphatic carbocycles. The van der Waals surface area contributed by atoms with Gasteiger partial charge in [-0.2, -0.15) is 5.10 Å². The van der Waals surface area contributed by atoms with E-state index in [1.807, 2.05) is 0 Å². The van der Waals surface area contributed by atoms with Crippen LogP contribution in [0.5, 0.6) is 0 Å². The summed E-state index contributed by atoms with van der Waals surface area (Å²) in [6.45, 7) is 3.22. The first-order chi connectivity index (χ1) is 8.49. The number of aryl methyl sites for hydroxylation is 1. The zero-order chi connectivity index (χ0) is 13.3. The van der Waals surface area contributed by atoms with Crippen LogP contribution in [0, 0.1) is 6.92 Å². The Morgan fingerprint density at radius 1 is 1.44 bits per heavy atom. The Kier molecular flexibility index (Phi) is 2.93. The first-order valence-corrected chi connectivity index (χ1v) is 5.26. The number of aromatic carboxylic acids is 1. The molecule has 0 unspecified atom stereocenters. The van der Waals surface area contributed by atoms with Gasteiger partial charge in [0.05, 0.1) is 11.9 Å². The van der Waals surface area contributed by atoms with Gasteiger partial charge in [-0.1, -0.05) is 0 Å². The van der Waals surface area contributed by atoms with E-state index in [0.29, 0.717) is 5.69 Å². The van der Waals surface area contributed by atoms with Gasteiger partial charge in [-0.05, 0) is 32.1 Å². The van der Waals surface area contributed by atoms with Crippen LogP contribution in [0.15, 0.2) is 18.3 Å². The van der Waals surface area contributed by atoms with Crippen LogP contribution in [0.3, 0.4) is 0 Å². The maximum Gasteiger partial charge on any atom is 0.341 e. The van der Waals surface area contributed by atoms with Gasteiger partial charge in [0.15, 0.2) is 11.4 Å². The molecule has 0 saturated heterocycles. The third-order valence-corrected chi connectivity index (χ3v) is 2.39. The minimum Gasteiger partial charge on any atom is -0.477 e. The molecule has 0 fully saturated rings. The molecule has 0 aliphatic rings. The predicted octanol–water partition coefficient (Wildman–Crippen LogP) is 1.34. The molecule has 2 rings (SSSR count). The van der Waals surface area contributed by atoms with Crippen molar-refractivity contribution in [2.24, 2.45) is 0 Å². The van der Waals surface area contributed by atoms with Gasteiger partial charge in [-0.15, -0.1) is 0 Å². The lowest BCUT2D eigenvalue weighted by atomic mass is 10.2. The van der Waals surface area contributed by atoms with Gasteiger partial charge in [0, 0.05) is 5.69 Å². The summed E-state index contributed by atoms with van der Waals surface area (Å²) in [5.74, 6) is -1.18. The lowest BCUT2D eigenvalue weighted by Gasteiger charge is -2.01. The first kappa shape index (κ1) is 12.0. The molecular formula is C12H11N3O3. The summed E-state index contributed by atoms with van der Waals surface area (Å²) in [5, 5.41) is 13.0. The first-order valence-electron chi connectivity index (χ1n) is 5.26. The number of hydrogen-bond donors (Lipinski definition) is 1. The third-order valence-electron chi connectivity index (χ3n) is 2.39. The molecular weight excluding hydrogens is 234 g/mol. The Morgan fingerprint density at radius 2 is 2.17 bits per heavy atom. The number of nitrogens with zero attached hydrogens (tertiary/aromatic N) is 3. The van der Waals surface area contributed by atoms with Gasteiger partial charge in [0.1, 0.15) is 5.56 Å². The zero-order valence-electron chi connectivity index (χ0n) is 9.91. The van der Waals surface area contributed by atoms with Crippen molar-refractivity contribution in [3.63, 3.8) is 0 Å². The normalized spacial score (nSPS) is 11.2. The van der Waals surface area contributed by atoms with Gasteiger partial charge >= 0.3 is 5.97 Å². The van der Waals surface area contributed by atoms with Crippen molar-refractivity contribution < 1.29 is 14.7 Å². The van der Waals surface area contributed by atoms with E-state index in [4.69, 9.17) is 5.11 Å². The number of allylic oxidation sites excluding steroid dienone is 1. The molecule has 0 amide bonds. The summed E-state index contributed by atoms with van der Waals surface area (Å²) in [5.41, 5.74) is 1.58. The molecule has 1 N–H and O–H groups in total. The van der Waals surface area contributed by atoms with Crippen LogP contribution < -0.4 is 0 Å². The Bertz CT molecular complexity index is 671. The van der Waals surface area contributed by atoms with E-state index in [9.17, 15) is 9.59 Å². The van der Waals surface area contributed by atoms with Gasteiger partial charge in [0.25, 0.3) is 0 Å². The highest BCUT2D eigenvalue weighted by molar-refractivity contribution is 5.94. The SMILES string of the molecule is CC(=O)C=Cc1cc(C)n2ncc(C(=O)O)c2n1.